The lowest BCUT2D eigenvalue weighted by atomic mass is 9.98. The lowest BCUT2D eigenvalue weighted by Gasteiger charge is -2.42. The van der Waals surface area contributed by atoms with Crippen molar-refractivity contribution in [2.75, 3.05) is 77.0 Å². The smallest absolute Gasteiger partial charge is 0.397 e. The number of para-hydroxylation sites is 1. The number of hydroxylamine groups is 2. The van der Waals surface area contributed by atoms with Crippen LogP contribution in [0.25, 0.3) is 0 Å². The molecular formula is C35H46ClF3N8O4. The normalized spacial score (nSPS) is 21.1. The highest BCUT2D eigenvalue weighted by Crippen LogP contribution is 2.38. The van der Waals surface area contributed by atoms with Crippen LogP contribution >= 0.6 is 11.6 Å². The maximum Gasteiger partial charge on any atom is 0.426 e. The molecule has 0 bridgehead atoms. The zero-order valence-electron chi connectivity index (χ0n) is 28.8. The Morgan fingerprint density at radius 3 is 2.33 bits per heavy atom. The van der Waals surface area contributed by atoms with E-state index in [4.69, 9.17) is 22.2 Å². The number of carbonyl (C=O) groups excluding carboxylic acids is 3. The van der Waals surface area contributed by atoms with Crippen LogP contribution in [0.3, 0.4) is 0 Å². The van der Waals surface area contributed by atoms with Crippen molar-refractivity contribution in [2.45, 2.75) is 62.8 Å². The number of nitrogens with two attached hydrogens (primary N) is 1. The van der Waals surface area contributed by atoms with Crippen molar-refractivity contribution in [3.05, 3.63) is 58.1 Å². The number of piperazine rings is 1. The van der Waals surface area contributed by atoms with Gasteiger partial charge in [0.05, 0.1) is 16.3 Å². The molecule has 4 aliphatic heterocycles. The van der Waals surface area contributed by atoms with Gasteiger partial charge in [-0.15, -0.1) is 5.06 Å². The zero-order valence-corrected chi connectivity index (χ0v) is 29.5. The van der Waals surface area contributed by atoms with E-state index in [2.05, 4.69) is 27.5 Å². The van der Waals surface area contributed by atoms with Crippen LogP contribution in [0, 0.1) is 0 Å². The van der Waals surface area contributed by atoms with E-state index in [1.165, 1.54) is 11.1 Å². The third kappa shape index (κ3) is 8.99. The third-order valence-corrected chi connectivity index (χ3v) is 10.9. The molecule has 0 aliphatic carbocycles. The summed E-state index contributed by atoms with van der Waals surface area (Å²) in [5.41, 5.74) is 5.94. The highest BCUT2D eigenvalue weighted by Gasteiger charge is 2.37. The minimum absolute atomic E-state index is 0.0524. The standard InChI is InChI=1S/C35H46ClF3N8O4/c1-43-16-18-44(19-17-43)25-7-11-45(12-8-25)32(48)30(22-23-20-27(35(37,38)39)31(40)28(36)21-23)42-34(50)51-46-13-9-26(10-14-46)47-15-6-24-4-2-3-5-29(24)41-33(47)49/h2-5,20-21,25-26,30H,6-19,22,40H2,1H3,(H,41,49)(H,42,50)/t30-/m1/s1. The minimum Gasteiger partial charge on any atom is -0.397 e. The number of fused-ring (bicyclic) bond motifs is 1. The van der Waals surface area contributed by atoms with Crippen molar-refractivity contribution >= 4 is 41.0 Å². The number of anilines is 2. The summed E-state index contributed by atoms with van der Waals surface area (Å²) in [5, 5.41) is 6.83. The number of likely N-dealkylation sites (N-methyl/N-ethyl adjacent to an activating group) is 1. The Morgan fingerprint density at radius 1 is 0.980 bits per heavy atom. The van der Waals surface area contributed by atoms with Crippen LogP contribution in [0.2, 0.25) is 5.02 Å². The molecule has 0 aromatic heterocycles. The van der Waals surface area contributed by atoms with Crippen molar-refractivity contribution in [3.63, 3.8) is 0 Å². The molecule has 4 aliphatic rings. The summed E-state index contributed by atoms with van der Waals surface area (Å²) < 4.78 is 41.4. The van der Waals surface area contributed by atoms with Crippen molar-refractivity contribution in [1.82, 2.24) is 30.0 Å². The van der Waals surface area contributed by atoms with Gasteiger partial charge in [0.15, 0.2) is 0 Å². The molecule has 0 radical (unpaired) electrons. The molecule has 3 fully saturated rings. The van der Waals surface area contributed by atoms with Crippen LogP contribution in [0.5, 0.6) is 0 Å². The van der Waals surface area contributed by atoms with Gasteiger partial charge in [-0.3, -0.25) is 9.69 Å². The van der Waals surface area contributed by atoms with Gasteiger partial charge in [-0.1, -0.05) is 29.8 Å². The fourth-order valence-corrected chi connectivity index (χ4v) is 7.83. The lowest BCUT2D eigenvalue weighted by Crippen LogP contribution is -2.56. The Morgan fingerprint density at radius 2 is 1.65 bits per heavy atom. The van der Waals surface area contributed by atoms with Gasteiger partial charge in [-0.2, -0.15) is 13.2 Å². The number of hydrogen-bond donors (Lipinski definition) is 3. The summed E-state index contributed by atoms with van der Waals surface area (Å²) in [6.07, 6.45) is -2.53. The Kier molecular flexibility index (Phi) is 11.5. The molecule has 278 valence electrons. The second-order valence-corrected chi connectivity index (χ2v) is 14.3. The minimum atomic E-state index is -4.76. The molecule has 16 heteroatoms. The molecule has 4 N–H and O–H groups in total. The highest BCUT2D eigenvalue weighted by atomic mass is 35.5. The van der Waals surface area contributed by atoms with Gasteiger partial charge in [0.1, 0.15) is 6.04 Å². The molecule has 0 spiro atoms. The number of rotatable bonds is 7. The van der Waals surface area contributed by atoms with E-state index in [1.54, 1.807) is 4.90 Å². The van der Waals surface area contributed by atoms with Crippen molar-refractivity contribution in [3.8, 4) is 0 Å². The molecule has 3 saturated heterocycles. The second-order valence-electron chi connectivity index (χ2n) is 13.9. The maximum absolute atomic E-state index is 13.9. The predicted molar refractivity (Wildman–Crippen MR) is 187 cm³/mol. The molecule has 2 aromatic rings. The molecule has 4 heterocycles. The van der Waals surface area contributed by atoms with Crippen molar-refractivity contribution in [1.29, 1.82) is 0 Å². The fourth-order valence-electron chi connectivity index (χ4n) is 7.59. The number of likely N-dealkylation sites (tertiary alicyclic amines) is 1. The van der Waals surface area contributed by atoms with E-state index in [0.717, 1.165) is 62.8 Å². The Bertz CT molecular complexity index is 1570. The third-order valence-electron chi connectivity index (χ3n) is 10.6. The summed E-state index contributed by atoms with van der Waals surface area (Å²) in [6, 6.07) is 8.79. The first-order valence-corrected chi connectivity index (χ1v) is 18.0. The van der Waals surface area contributed by atoms with Crippen LogP contribution in [0.4, 0.5) is 34.1 Å². The van der Waals surface area contributed by atoms with Crippen LogP contribution in [-0.2, 0) is 28.7 Å². The zero-order chi connectivity index (χ0) is 36.3. The van der Waals surface area contributed by atoms with Crippen LogP contribution < -0.4 is 16.4 Å². The first-order chi connectivity index (χ1) is 24.4. The Labute approximate surface area is 300 Å². The number of benzene rings is 2. The van der Waals surface area contributed by atoms with Gasteiger partial charge in [0, 0.05) is 83.1 Å². The van der Waals surface area contributed by atoms with Gasteiger partial charge >= 0.3 is 18.3 Å². The number of piperidine rings is 2. The number of amides is 4. The van der Waals surface area contributed by atoms with Gasteiger partial charge in [0.2, 0.25) is 5.91 Å². The van der Waals surface area contributed by atoms with Gasteiger partial charge in [-0.05, 0) is 68.5 Å². The van der Waals surface area contributed by atoms with Crippen LogP contribution in [0.1, 0.15) is 42.4 Å². The quantitative estimate of drug-likeness (QED) is 0.360. The Balaban J connectivity index is 1.08. The molecular weight excluding hydrogens is 689 g/mol. The summed E-state index contributed by atoms with van der Waals surface area (Å²) >= 11 is 6.10. The first-order valence-electron chi connectivity index (χ1n) is 17.6. The fraction of sp³-hybridized carbons (Fsp3) is 0.571. The predicted octanol–water partition coefficient (Wildman–Crippen LogP) is 4.29. The number of nitrogen functional groups attached to an aromatic ring is 1. The van der Waals surface area contributed by atoms with E-state index < -0.39 is 35.5 Å². The summed E-state index contributed by atoms with van der Waals surface area (Å²) in [6.45, 7) is 6.09. The molecule has 2 aromatic carbocycles. The van der Waals surface area contributed by atoms with Gasteiger partial charge in [0.25, 0.3) is 0 Å². The molecule has 6 rings (SSSR count). The molecule has 12 nitrogen and oxygen atoms in total. The van der Waals surface area contributed by atoms with Crippen molar-refractivity contribution in [2.24, 2.45) is 0 Å². The largest absolute Gasteiger partial charge is 0.426 e. The van der Waals surface area contributed by atoms with E-state index >= 15 is 0 Å². The first kappa shape index (κ1) is 37.0. The Hall–Kier alpha value is -3.79. The monoisotopic (exact) mass is 734 g/mol. The second kappa shape index (κ2) is 15.8. The molecule has 51 heavy (non-hydrogen) atoms. The number of alkyl halides is 3. The van der Waals surface area contributed by atoms with E-state index in [9.17, 15) is 27.6 Å². The SMILES string of the molecule is CN1CCN(C2CCN(C(=O)[C@@H](Cc3cc(Cl)c(N)c(C(F)(F)F)c3)NC(=O)ON3CCC(N4CCc5ccccc5NC4=O)CC3)CC2)CC1. The molecule has 0 saturated carbocycles. The summed E-state index contributed by atoms with van der Waals surface area (Å²) in [5.74, 6) is -0.405. The number of urea groups is 1. The molecule has 1 atom stereocenters. The average Bonchev–Trinajstić information content (AvgIpc) is 3.27. The summed E-state index contributed by atoms with van der Waals surface area (Å²) in [4.78, 5) is 54.1. The number of hydrogen-bond acceptors (Lipinski definition) is 8. The van der Waals surface area contributed by atoms with Crippen LogP contribution in [-0.4, -0.2) is 127 Å². The van der Waals surface area contributed by atoms with Gasteiger partial charge < -0.3 is 35.9 Å². The maximum atomic E-state index is 13.9. The number of nitrogens with one attached hydrogen (secondary N) is 2. The molecule has 4 amide bonds. The topological polar surface area (TPSA) is 127 Å². The van der Waals surface area contributed by atoms with Crippen molar-refractivity contribution < 1.29 is 32.4 Å². The summed E-state index contributed by atoms with van der Waals surface area (Å²) in [7, 11) is 2.10. The van der Waals surface area contributed by atoms with E-state index in [1.807, 2.05) is 29.2 Å². The lowest BCUT2D eigenvalue weighted by molar-refractivity contribution is -0.137. The van der Waals surface area contributed by atoms with Gasteiger partial charge in [-0.25, -0.2) is 9.59 Å². The average molecular weight is 735 g/mol. The highest BCUT2D eigenvalue weighted by molar-refractivity contribution is 6.33. The number of halogens is 4. The number of carbonyl (C=O) groups is 3. The number of nitrogens with zero attached hydrogens (tertiary/aromatic N) is 5. The van der Waals surface area contributed by atoms with E-state index in [0.29, 0.717) is 51.6 Å². The van der Waals surface area contributed by atoms with E-state index in [-0.39, 0.29) is 29.1 Å². The molecule has 0 unspecified atom stereocenters. The van der Waals surface area contributed by atoms with Crippen LogP contribution in [0.15, 0.2) is 36.4 Å².